The molecule has 2 aromatic rings. The van der Waals surface area contributed by atoms with Crippen LogP contribution in [0.5, 0.6) is 0 Å². The van der Waals surface area contributed by atoms with Gasteiger partial charge in [0.1, 0.15) is 5.82 Å². The van der Waals surface area contributed by atoms with Crippen molar-refractivity contribution in [2.75, 3.05) is 33.2 Å². The third-order valence-electron chi connectivity index (χ3n) is 7.09. The minimum absolute atomic E-state index is 0.0573. The average molecular weight is 534 g/mol. The zero-order valence-corrected chi connectivity index (χ0v) is 22.3. The van der Waals surface area contributed by atoms with Gasteiger partial charge in [0.05, 0.1) is 5.60 Å². The smallest absolute Gasteiger partial charge is 0.404 e. The van der Waals surface area contributed by atoms with E-state index in [0.29, 0.717) is 54.1 Å². The molecule has 202 valence electrons. The number of nitrogens with one attached hydrogen (secondary N) is 2. The fourth-order valence-corrected chi connectivity index (χ4v) is 5.62. The molecular weight excluding hydrogens is 497 g/mol. The summed E-state index contributed by atoms with van der Waals surface area (Å²) < 4.78 is 14.4. The highest BCUT2D eigenvalue weighted by Crippen LogP contribution is 2.45. The molecular formula is C28H37ClFN3O4. The lowest BCUT2D eigenvalue weighted by Gasteiger charge is -2.44. The van der Waals surface area contributed by atoms with E-state index in [2.05, 4.69) is 10.6 Å². The third kappa shape index (κ3) is 7.43. The van der Waals surface area contributed by atoms with E-state index in [1.807, 2.05) is 18.0 Å². The summed E-state index contributed by atoms with van der Waals surface area (Å²) in [6, 6.07) is 9.95. The van der Waals surface area contributed by atoms with Gasteiger partial charge in [0.2, 0.25) is 5.91 Å². The Morgan fingerprint density at radius 2 is 2.00 bits per heavy atom. The van der Waals surface area contributed by atoms with Crippen LogP contribution in [0.4, 0.5) is 9.18 Å². The van der Waals surface area contributed by atoms with Crippen molar-refractivity contribution in [2.24, 2.45) is 5.92 Å². The van der Waals surface area contributed by atoms with Gasteiger partial charge in [0.25, 0.3) is 0 Å². The highest BCUT2D eigenvalue weighted by molar-refractivity contribution is 6.33. The first-order chi connectivity index (χ1) is 17.7. The molecule has 2 aromatic carbocycles. The molecule has 2 unspecified atom stereocenters. The van der Waals surface area contributed by atoms with Crippen molar-refractivity contribution in [3.63, 3.8) is 0 Å². The molecule has 0 radical (unpaired) electrons. The van der Waals surface area contributed by atoms with Crippen LogP contribution < -0.4 is 10.6 Å². The van der Waals surface area contributed by atoms with Gasteiger partial charge in [0.15, 0.2) is 0 Å². The van der Waals surface area contributed by atoms with Gasteiger partial charge >= 0.3 is 6.09 Å². The van der Waals surface area contributed by atoms with Crippen molar-refractivity contribution >= 4 is 23.6 Å². The van der Waals surface area contributed by atoms with Crippen LogP contribution in [0.15, 0.2) is 36.4 Å². The highest BCUT2D eigenvalue weighted by Gasteiger charge is 2.42. The molecule has 0 spiro atoms. The van der Waals surface area contributed by atoms with E-state index < -0.39 is 17.5 Å². The number of hydrogen-bond donors (Lipinski definition) is 4. The number of hydrogen-bond acceptors (Lipinski definition) is 4. The number of amides is 2. The van der Waals surface area contributed by atoms with Gasteiger partial charge in [-0.1, -0.05) is 29.8 Å². The first-order valence-corrected chi connectivity index (χ1v) is 13.2. The summed E-state index contributed by atoms with van der Waals surface area (Å²) >= 11 is 6.67. The number of carboxylic acid groups (broad SMARTS) is 1. The molecule has 2 amide bonds. The van der Waals surface area contributed by atoms with Crippen LogP contribution in [0, 0.1) is 18.7 Å². The molecule has 0 saturated carbocycles. The van der Waals surface area contributed by atoms with Gasteiger partial charge in [-0.25, -0.2) is 9.18 Å². The van der Waals surface area contributed by atoms with Crippen LogP contribution in [0.3, 0.4) is 0 Å². The minimum Gasteiger partial charge on any atom is -0.465 e. The molecule has 9 heteroatoms. The van der Waals surface area contributed by atoms with E-state index in [1.165, 1.54) is 12.1 Å². The number of halogens is 2. The maximum Gasteiger partial charge on any atom is 0.404 e. The predicted molar refractivity (Wildman–Crippen MR) is 143 cm³/mol. The molecule has 7 nitrogen and oxygen atoms in total. The van der Waals surface area contributed by atoms with Crippen molar-refractivity contribution in [1.29, 1.82) is 0 Å². The molecule has 1 heterocycles. The Bertz CT molecular complexity index is 1080. The average Bonchev–Trinajstić information content (AvgIpc) is 2.85. The number of aryl methyl sites for hydroxylation is 1. The van der Waals surface area contributed by atoms with Crippen LogP contribution in [0.2, 0.25) is 5.02 Å². The lowest BCUT2D eigenvalue weighted by atomic mass is 9.72. The Kier molecular flexibility index (Phi) is 10.3. The maximum atomic E-state index is 14.4. The summed E-state index contributed by atoms with van der Waals surface area (Å²) in [5, 5.41) is 27.2. The van der Waals surface area contributed by atoms with Crippen molar-refractivity contribution in [3.8, 4) is 11.1 Å². The van der Waals surface area contributed by atoms with Crippen molar-refractivity contribution in [2.45, 2.75) is 51.0 Å². The van der Waals surface area contributed by atoms with Crippen LogP contribution in [0.25, 0.3) is 11.1 Å². The monoisotopic (exact) mass is 533 g/mol. The van der Waals surface area contributed by atoms with Gasteiger partial charge in [0, 0.05) is 42.6 Å². The van der Waals surface area contributed by atoms with Gasteiger partial charge in [-0.3, -0.25) is 4.79 Å². The number of likely N-dealkylation sites (tertiary alicyclic amines) is 1. The van der Waals surface area contributed by atoms with Gasteiger partial charge in [-0.15, -0.1) is 0 Å². The molecule has 0 bridgehead atoms. The van der Waals surface area contributed by atoms with E-state index >= 15 is 0 Å². The number of rotatable bonds is 11. The molecule has 2 atom stereocenters. The van der Waals surface area contributed by atoms with Crippen LogP contribution in [0.1, 0.15) is 49.7 Å². The van der Waals surface area contributed by atoms with E-state index in [0.717, 1.165) is 24.9 Å². The lowest BCUT2D eigenvalue weighted by Crippen LogP contribution is -2.48. The first kappa shape index (κ1) is 28.9. The Morgan fingerprint density at radius 3 is 2.70 bits per heavy atom. The Labute approximate surface area is 223 Å². The number of carbonyl (C=O) groups excluding carboxylic acids is 1. The summed E-state index contributed by atoms with van der Waals surface area (Å²) in [5.74, 6) is -0.640. The topological polar surface area (TPSA) is 102 Å². The van der Waals surface area contributed by atoms with E-state index in [-0.39, 0.29) is 24.8 Å². The van der Waals surface area contributed by atoms with Gasteiger partial charge in [-0.05, 0) is 87.5 Å². The van der Waals surface area contributed by atoms with E-state index in [1.54, 1.807) is 25.1 Å². The maximum absolute atomic E-state index is 14.4. The SMILES string of the molecule is CNCCCC(=O)N1CCCC(C(O)(CCCNC(=O)O)c2cccc(Cl)c2-c2cc(C)cc(F)c2)C1. The Hall–Kier alpha value is -2.68. The molecule has 4 N–H and O–H groups in total. The largest absolute Gasteiger partial charge is 0.465 e. The molecule has 1 fully saturated rings. The summed E-state index contributed by atoms with van der Waals surface area (Å²) in [6.07, 6.45) is 2.10. The highest BCUT2D eigenvalue weighted by atomic mass is 35.5. The molecule has 1 aliphatic rings. The molecule has 37 heavy (non-hydrogen) atoms. The number of nitrogens with zero attached hydrogens (tertiary/aromatic N) is 1. The van der Waals surface area contributed by atoms with Crippen molar-refractivity contribution in [1.82, 2.24) is 15.5 Å². The summed E-state index contributed by atoms with van der Waals surface area (Å²) in [5.41, 5.74) is 1.000. The van der Waals surface area contributed by atoms with E-state index in [9.17, 15) is 19.1 Å². The summed E-state index contributed by atoms with van der Waals surface area (Å²) in [7, 11) is 1.85. The quantitative estimate of drug-likeness (QED) is 0.307. The Morgan fingerprint density at radius 1 is 1.22 bits per heavy atom. The zero-order chi connectivity index (χ0) is 27.0. The lowest BCUT2D eigenvalue weighted by molar-refractivity contribution is -0.136. The fourth-order valence-electron chi connectivity index (χ4n) is 5.34. The van der Waals surface area contributed by atoms with Gasteiger partial charge in [-0.2, -0.15) is 0 Å². The molecule has 0 aromatic heterocycles. The van der Waals surface area contributed by atoms with Crippen molar-refractivity contribution in [3.05, 3.63) is 58.4 Å². The van der Waals surface area contributed by atoms with Crippen LogP contribution in [-0.2, 0) is 10.4 Å². The second-order valence-corrected chi connectivity index (χ2v) is 10.2. The molecule has 1 saturated heterocycles. The predicted octanol–water partition coefficient (Wildman–Crippen LogP) is 4.93. The normalized spacial score (nSPS) is 17.3. The number of aliphatic hydroxyl groups is 1. The minimum atomic E-state index is -1.41. The second-order valence-electron chi connectivity index (χ2n) is 9.83. The van der Waals surface area contributed by atoms with Crippen LogP contribution >= 0.6 is 11.6 Å². The Balaban J connectivity index is 2.01. The zero-order valence-electron chi connectivity index (χ0n) is 21.5. The van der Waals surface area contributed by atoms with Crippen molar-refractivity contribution < 1.29 is 24.2 Å². The standard InChI is InChI=1S/C28H37ClFN3O4/c1-19-15-20(17-22(30)16-19)26-23(8-3-9-24(26)29)28(37,11-6-13-32-27(35)36)21-7-5-14-33(18-21)25(34)10-4-12-31-2/h3,8-9,15-17,21,31-32,37H,4-7,10-14,18H2,1-2H3,(H,35,36). The fraction of sp³-hybridized carbons (Fsp3) is 0.500. The first-order valence-electron chi connectivity index (χ1n) is 12.8. The molecule has 1 aliphatic heterocycles. The number of carbonyl (C=O) groups is 2. The second kappa shape index (κ2) is 13.2. The van der Waals surface area contributed by atoms with Crippen LogP contribution in [-0.4, -0.2) is 60.3 Å². The summed E-state index contributed by atoms with van der Waals surface area (Å²) in [4.78, 5) is 25.7. The molecule has 3 rings (SSSR count). The van der Waals surface area contributed by atoms with E-state index in [4.69, 9.17) is 16.7 Å². The van der Waals surface area contributed by atoms with Gasteiger partial charge < -0.3 is 25.7 Å². The third-order valence-corrected chi connectivity index (χ3v) is 7.40. The number of piperidine rings is 1. The summed E-state index contributed by atoms with van der Waals surface area (Å²) in [6.45, 7) is 3.74. The number of benzene rings is 2. The molecule has 0 aliphatic carbocycles.